The number of hydrogen-bond acceptors (Lipinski definition) is 4. The van der Waals surface area contributed by atoms with Gasteiger partial charge in [0.05, 0.1) is 29.7 Å². The fraction of sp³-hybridized carbons (Fsp3) is 0.500. The van der Waals surface area contributed by atoms with E-state index < -0.39 is 10.0 Å². The number of nitrogens with one attached hydrogen (secondary N) is 1. The molecule has 1 heterocycles. The molecule has 1 aliphatic rings. The Kier molecular flexibility index (Phi) is 4.99. The number of hydrogen-bond donors (Lipinski definition) is 1. The van der Waals surface area contributed by atoms with Gasteiger partial charge in [0.1, 0.15) is 0 Å². The minimum Gasteiger partial charge on any atom is -0.372 e. The molecule has 1 N–H and O–H groups in total. The number of ether oxygens (including phenoxy) is 1. The molecule has 0 unspecified atom stereocenters. The van der Waals surface area contributed by atoms with Crippen LogP contribution >= 0.6 is 11.6 Å². The normalized spacial score (nSPS) is 22.5. The van der Waals surface area contributed by atoms with Crippen molar-refractivity contribution in [3.63, 3.8) is 0 Å². The topological polar surface area (TPSA) is 75.7 Å². The lowest BCUT2D eigenvalue weighted by atomic mass is 10.1. The standard InChI is InChI=1S/C14H19ClN2O4S/c1-9-7-17(8-10(2)21-9)14(18)12-6-11(15)4-5-13(12)16-22(3,19)20/h4-6,9-10,16H,7-8H2,1-3H3/t9-,10-/m1/s1. The van der Waals surface area contributed by atoms with E-state index in [1.54, 1.807) is 4.90 Å². The maximum Gasteiger partial charge on any atom is 0.256 e. The molecular formula is C14H19ClN2O4S. The van der Waals surface area contributed by atoms with Gasteiger partial charge in [-0.15, -0.1) is 0 Å². The lowest BCUT2D eigenvalue weighted by Gasteiger charge is -2.35. The van der Waals surface area contributed by atoms with Gasteiger partial charge in [-0.2, -0.15) is 0 Å². The van der Waals surface area contributed by atoms with Crippen LogP contribution in [0.1, 0.15) is 24.2 Å². The summed E-state index contributed by atoms with van der Waals surface area (Å²) in [6.45, 7) is 4.69. The Morgan fingerprint density at radius 2 is 1.91 bits per heavy atom. The van der Waals surface area contributed by atoms with E-state index in [-0.39, 0.29) is 29.4 Å². The Morgan fingerprint density at radius 1 is 1.32 bits per heavy atom. The number of carbonyl (C=O) groups excluding carboxylic acids is 1. The average Bonchev–Trinajstić information content (AvgIpc) is 2.37. The summed E-state index contributed by atoms with van der Waals surface area (Å²) in [6, 6.07) is 4.50. The van der Waals surface area contributed by atoms with Gasteiger partial charge in [-0.05, 0) is 32.0 Å². The first-order valence-electron chi connectivity index (χ1n) is 6.88. The maximum atomic E-state index is 12.7. The van der Waals surface area contributed by atoms with E-state index >= 15 is 0 Å². The maximum absolute atomic E-state index is 12.7. The molecule has 2 rings (SSSR count). The highest BCUT2D eigenvalue weighted by Crippen LogP contribution is 2.24. The molecule has 0 aromatic heterocycles. The Balaban J connectivity index is 2.34. The van der Waals surface area contributed by atoms with E-state index in [0.29, 0.717) is 18.1 Å². The molecule has 1 aromatic rings. The molecule has 122 valence electrons. The lowest BCUT2D eigenvalue weighted by molar-refractivity contribution is -0.0585. The quantitative estimate of drug-likeness (QED) is 0.907. The van der Waals surface area contributed by atoms with Gasteiger partial charge in [-0.1, -0.05) is 11.6 Å². The SMILES string of the molecule is C[C@@H]1CN(C(=O)c2cc(Cl)ccc2NS(C)(=O)=O)C[C@@H](C)O1. The van der Waals surface area contributed by atoms with Crippen LogP contribution in [0.4, 0.5) is 5.69 Å². The molecule has 1 fully saturated rings. The van der Waals surface area contributed by atoms with Crippen molar-refractivity contribution in [2.24, 2.45) is 0 Å². The second kappa shape index (κ2) is 6.44. The van der Waals surface area contributed by atoms with Gasteiger partial charge in [0.2, 0.25) is 10.0 Å². The van der Waals surface area contributed by atoms with Crippen molar-refractivity contribution in [1.82, 2.24) is 4.90 Å². The zero-order valence-corrected chi connectivity index (χ0v) is 14.2. The fourth-order valence-electron chi connectivity index (χ4n) is 2.50. The van der Waals surface area contributed by atoms with E-state index in [1.165, 1.54) is 18.2 Å². The van der Waals surface area contributed by atoms with E-state index in [1.807, 2.05) is 13.8 Å². The van der Waals surface area contributed by atoms with Gasteiger partial charge < -0.3 is 9.64 Å². The van der Waals surface area contributed by atoms with E-state index in [4.69, 9.17) is 16.3 Å². The van der Waals surface area contributed by atoms with Gasteiger partial charge in [0, 0.05) is 18.1 Å². The van der Waals surface area contributed by atoms with Crippen molar-refractivity contribution in [2.75, 3.05) is 24.1 Å². The highest BCUT2D eigenvalue weighted by molar-refractivity contribution is 7.92. The van der Waals surface area contributed by atoms with Crippen LogP contribution in [0.5, 0.6) is 0 Å². The number of nitrogens with zero attached hydrogens (tertiary/aromatic N) is 1. The molecule has 2 atom stereocenters. The summed E-state index contributed by atoms with van der Waals surface area (Å²) in [5.74, 6) is -0.268. The Morgan fingerprint density at radius 3 is 2.45 bits per heavy atom. The largest absolute Gasteiger partial charge is 0.372 e. The monoisotopic (exact) mass is 346 g/mol. The number of amides is 1. The Bertz CT molecular complexity index is 667. The number of sulfonamides is 1. The van der Waals surface area contributed by atoms with Crippen LogP contribution in [0, 0.1) is 0 Å². The minimum atomic E-state index is -3.49. The molecular weight excluding hydrogens is 328 g/mol. The molecule has 6 nitrogen and oxygen atoms in total. The van der Waals surface area contributed by atoms with Gasteiger partial charge in [0.15, 0.2) is 0 Å². The van der Waals surface area contributed by atoms with E-state index in [9.17, 15) is 13.2 Å². The van der Waals surface area contributed by atoms with Crippen LogP contribution in [0.15, 0.2) is 18.2 Å². The highest BCUT2D eigenvalue weighted by atomic mass is 35.5. The smallest absolute Gasteiger partial charge is 0.256 e. The summed E-state index contributed by atoms with van der Waals surface area (Å²) in [5, 5.41) is 0.372. The van der Waals surface area contributed by atoms with Gasteiger partial charge >= 0.3 is 0 Å². The zero-order chi connectivity index (χ0) is 16.5. The minimum absolute atomic E-state index is 0.0711. The molecule has 0 saturated carbocycles. The van der Waals surface area contributed by atoms with Gasteiger partial charge in [-0.25, -0.2) is 8.42 Å². The van der Waals surface area contributed by atoms with Crippen LogP contribution in [-0.2, 0) is 14.8 Å². The number of anilines is 1. The zero-order valence-electron chi connectivity index (χ0n) is 12.7. The molecule has 8 heteroatoms. The molecule has 0 radical (unpaired) electrons. The van der Waals surface area contributed by atoms with Crippen molar-refractivity contribution in [3.05, 3.63) is 28.8 Å². The van der Waals surface area contributed by atoms with E-state index in [0.717, 1.165) is 6.26 Å². The van der Waals surface area contributed by atoms with Gasteiger partial charge in [-0.3, -0.25) is 9.52 Å². The van der Waals surface area contributed by atoms with Crippen molar-refractivity contribution >= 4 is 33.2 Å². The third-order valence-electron chi connectivity index (χ3n) is 3.21. The first-order valence-corrected chi connectivity index (χ1v) is 9.14. The molecule has 0 aliphatic carbocycles. The summed E-state index contributed by atoms with van der Waals surface area (Å²) in [7, 11) is -3.49. The predicted octanol–water partition coefficient (Wildman–Crippen LogP) is 1.96. The summed E-state index contributed by atoms with van der Waals surface area (Å²) < 4.78 is 30.9. The molecule has 0 spiro atoms. The first-order chi connectivity index (χ1) is 10.2. The summed E-state index contributed by atoms with van der Waals surface area (Å²) in [6.07, 6.45) is 0.894. The molecule has 1 amide bonds. The van der Waals surface area contributed by atoms with Crippen LogP contribution in [0.3, 0.4) is 0 Å². The molecule has 1 aromatic carbocycles. The molecule has 1 aliphatic heterocycles. The second-order valence-electron chi connectivity index (χ2n) is 5.53. The van der Waals surface area contributed by atoms with Gasteiger partial charge in [0.25, 0.3) is 5.91 Å². The van der Waals surface area contributed by atoms with E-state index in [2.05, 4.69) is 4.72 Å². The first kappa shape index (κ1) is 17.1. The Hall–Kier alpha value is -1.31. The van der Waals surface area contributed by atoms with Crippen LogP contribution in [0.2, 0.25) is 5.02 Å². The number of rotatable bonds is 3. The summed E-state index contributed by atoms with van der Waals surface area (Å²) in [4.78, 5) is 14.4. The average molecular weight is 347 g/mol. The molecule has 1 saturated heterocycles. The number of carbonyl (C=O) groups is 1. The number of benzene rings is 1. The predicted molar refractivity (Wildman–Crippen MR) is 85.8 cm³/mol. The number of halogens is 1. The fourth-order valence-corrected chi connectivity index (χ4v) is 3.25. The van der Waals surface area contributed by atoms with Crippen molar-refractivity contribution in [3.8, 4) is 0 Å². The van der Waals surface area contributed by atoms with Crippen molar-refractivity contribution < 1.29 is 17.9 Å². The molecule has 0 bridgehead atoms. The summed E-state index contributed by atoms with van der Waals surface area (Å²) >= 11 is 5.96. The van der Waals surface area contributed by atoms with Crippen LogP contribution in [0.25, 0.3) is 0 Å². The summed E-state index contributed by atoms with van der Waals surface area (Å²) in [5.41, 5.74) is 0.461. The lowest BCUT2D eigenvalue weighted by Crippen LogP contribution is -2.48. The Labute approximate surface area is 135 Å². The second-order valence-corrected chi connectivity index (χ2v) is 7.72. The van der Waals surface area contributed by atoms with Crippen molar-refractivity contribution in [2.45, 2.75) is 26.1 Å². The highest BCUT2D eigenvalue weighted by Gasteiger charge is 2.28. The van der Waals surface area contributed by atoms with Crippen LogP contribution < -0.4 is 4.72 Å². The third-order valence-corrected chi connectivity index (χ3v) is 4.04. The third kappa shape index (κ3) is 4.34. The molecule has 22 heavy (non-hydrogen) atoms. The number of morpholine rings is 1. The van der Waals surface area contributed by atoms with Crippen LogP contribution in [-0.4, -0.2) is 50.8 Å². The van der Waals surface area contributed by atoms with Crippen molar-refractivity contribution in [1.29, 1.82) is 0 Å².